The zero-order valence-electron chi connectivity index (χ0n) is 69.9. The quantitative estimate of drug-likeness (QED) is 0.0169. The Kier molecular flexibility index (Phi) is 78.5. The predicted molar refractivity (Wildman–Crippen MR) is 472 cm³/mol. The van der Waals surface area contributed by atoms with E-state index in [2.05, 4.69) is 240 Å². The van der Waals surface area contributed by atoms with Crippen LogP contribution in [0.4, 0.5) is 0 Å². The van der Waals surface area contributed by atoms with Crippen LogP contribution in [0.3, 0.4) is 0 Å². The number of hydrogen-bond donors (Lipinski definition) is 3. The van der Waals surface area contributed by atoms with E-state index in [0.717, 1.165) is 161 Å². The second kappa shape index (κ2) is 83.8. The zero-order chi connectivity index (χ0) is 83.1. The molecule has 0 fully saturated rings. The summed E-state index contributed by atoms with van der Waals surface area (Å²) in [5.41, 5.74) is 0. The van der Waals surface area contributed by atoms with Crippen molar-refractivity contribution in [1.29, 1.82) is 0 Å². The summed E-state index contributed by atoms with van der Waals surface area (Å²) in [4.78, 5) is 73.2. The number of allylic oxidation sites excluding steroid dienone is 40. The Balaban J connectivity index is 5.61. The van der Waals surface area contributed by atoms with Gasteiger partial charge >= 0.3 is 39.5 Å². The maximum Gasteiger partial charge on any atom is 0.472 e. The summed E-state index contributed by atoms with van der Waals surface area (Å²) in [6, 6.07) is 0. The molecule has 0 bridgehead atoms. The van der Waals surface area contributed by atoms with E-state index in [9.17, 15) is 43.2 Å². The van der Waals surface area contributed by atoms with Gasteiger partial charge < -0.3 is 33.8 Å². The Morgan fingerprint density at radius 2 is 0.482 bits per heavy atom. The molecule has 0 aliphatic heterocycles. The molecule has 0 aromatic heterocycles. The largest absolute Gasteiger partial charge is 0.472 e. The Morgan fingerprint density at radius 3 is 0.772 bits per heavy atom. The van der Waals surface area contributed by atoms with E-state index >= 15 is 0 Å². The molecule has 638 valence electrons. The van der Waals surface area contributed by atoms with Crippen LogP contribution in [0.2, 0.25) is 0 Å². The first-order chi connectivity index (χ1) is 55.7. The minimum absolute atomic E-state index is 0.00939. The molecule has 0 aromatic rings. The second-order valence-electron chi connectivity index (χ2n) is 26.9. The highest BCUT2D eigenvalue weighted by molar-refractivity contribution is 7.47. The molecular formula is C95H146O17P2. The number of unbranched alkanes of at least 4 members (excludes halogenated alkanes) is 10. The van der Waals surface area contributed by atoms with Gasteiger partial charge in [0.15, 0.2) is 12.2 Å². The van der Waals surface area contributed by atoms with Crippen LogP contribution in [0.15, 0.2) is 243 Å². The summed E-state index contributed by atoms with van der Waals surface area (Å²) in [7, 11) is -10.1. The van der Waals surface area contributed by atoms with E-state index in [1.54, 1.807) is 0 Å². The Labute approximate surface area is 688 Å². The SMILES string of the molecule is CC/C=C\C/C=C\C/C=C\C/C=C\C/C=C\C/C=C\CCC(=O)OC[C@H](COP(=O)(O)OC[C@@H](O)COP(=O)(O)OC[C@@H](COC(=O)CCCCC/C=C\C/C=C\C/C=C\C/C=C\C/C=C\CC)OC(=O)CCCCC/C=C\C/C=C\C/C=C\C/C=C\C/C=C\CC)OC(=O)CCC/C=C\C/C=C\C/C=C\C/C=C\CCCCC. The number of aliphatic hydroxyl groups is 1. The monoisotopic (exact) mass is 1620 g/mol. The molecule has 0 heterocycles. The fraction of sp³-hybridized carbons (Fsp3) is 0.537. The van der Waals surface area contributed by atoms with Crippen LogP contribution in [0.25, 0.3) is 0 Å². The molecular weight excluding hydrogens is 1470 g/mol. The lowest BCUT2D eigenvalue weighted by Crippen LogP contribution is -2.30. The fourth-order valence-corrected chi connectivity index (χ4v) is 11.6. The Bertz CT molecular complexity index is 3120. The maximum atomic E-state index is 13.2. The molecule has 2 unspecified atom stereocenters. The third kappa shape index (κ3) is 82.8. The van der Waals surface area contributed by atoms with Crippen LogP contribution >= 0.6 is 15.6 Å². The summed E-state index contributed by atoms with van der Waals surface area (Å²) in [6.07, 6.45) is 110. The van der Waals surface area contributed by atoms with Crippen molar-refractivity contribution in [3.05, 3.63) is 243 Å². The number of carbonyl (C=O) groups is 4. The van der Waals surface area contributed by atoms with Crippen molar-refractivity contribution in [3.63, 3.8) is 0 Å². The molecule has 0 rings (SSSR count). The highest BCUT2D eigenvalue weighted by Crippen LogP contribution is 2.45. The van der Waals surface area contributed by atoms with Gasteiger partial charge in [-0.25, -0.2) is 9.13 Å². The molecule has 0 saturated heterocycles. The smallest absolute Gasteiger partial charge is 0.462 e. The number of rotatable bonds is 76. The summed E-state index contributed by atoms with van der Waals surface area (Å²) in [6.45, 7) is 4.24. The number of hydrogen-bond acceptors (Lipinski definition) is 15. The average Bonchev–Trinajstić information content (AvgIpc) is 0.899. The summed E-state index contributed by atoms with van der Waals surface area (Å²) >= 11 is 0. The van der Waals surface area contributed by atoms with E-state index in [1.807, 2.05) is 30.4 Å². The lowest BCUT2D eigenvalue weighted by Gasteiger charge is -2.21. The summed E-state index contributed by atoms with van der Waals surface area (Å²) in [5, 5.41) is 10.7. The number of carbonyl (C=O) groups excluding carboxylic acids is 4. The summed E-state index contributed by atoms with van der Waals surface area (Å²) < 4.78 is 68.6. The van der Waals surface area contributed by atoms with Crippen molar-refractivity contribution in [2.45, 2.75) is 290 Å². The van der Waals surface area contributed by atoms with Crippen LogP contribution < -0.4 is 0 Å². The highest BCUT2D eigenvalue weighted by atomic mass is 31.2. The van der Waals surface area contributed by atoms with Crippen molar-refractivity contribution in [2.75, 3.05) is 39.6 Å². The number of esters is 4. The molecule has 0 aliphatic carbocycles. The van der Waals surface area contributed by atoms with Crippen molar-refractivity contribution < 1.29 is 80.2 Å². The van der Waals surface area contributed by atoms with Crippen molar-refractivity contribution >= 4 is 39.5 Å². The first-order valence-electron chi connectivity index (χ1n) is 42.3. The molecule has 0 saturated carbocycles. The molecule has 3 N–H and O–H groups in total. The Hall–Kier alpha value is -7.14. The fourth-order valence-electron chi connectivity index (χ4n) is 10.00. The van der Waals surface area contributed by atoms with Crippen LogP contribution in [0.5, 0.6) is 0 Å². The van der Waals surface area contributed by atoms with Gasteiger partial charge in [0.05, 0.1) is 26.4 Å². The molecule has 0 radical (unpaired) electrons. The van der Waals surface area contributed by atoms with Gasteiger partial charge in [-0.15, -0.1) is 0 Å². The standard InChI is InChI=1S/C95H146O17P2/c1-5-9-13-17-21-25-29-33-37-41-44-48-51-55-59-63-67-71-75-79-92(97)105-85-90(111-94(99)81-77-73-69-65-61-57-53-47-40-36-32-28-24-20-16-12-8-4)87-109-113(101,102)107-83-89(96)84-108-114(103,104)110-88-91(112-95(100)82-78-74-70-66-62-58-54-50-46-43-39-35-31-27-23-19-15-11-7-3)86-106-93(98)80-76-72-68-64-60-56-52-49-45-42-38-34-30-26-22-18-14-10-6-2/h9-11,13-15,21-28,33-40,44-46,48-50,53,55-60,62,65,67,69,71,89-91,96H,5-8,12,16-20,29-32,41-43,47,51-52,54,61,63-64,66,68,70,72-88H2,1-4H3,(H,101,102)(H,103,104)/b13-9-,14-10-,15-11-,25-21-,26-22-,27-23-,28-24-,37-33-,38-34-,39-35-,40-36-,48-44-,49-45-,50-46-,57-53-,59-55-,60-56-,62-58-,69-65-,71-67-/t89-,90-,91-/m1/s1. The van der Waals surface area contributed by atoms with Crippen LogP contribution in [0, 0.1) is 0 Å². The van der Waals surface area contributed by atoms with Gasteiger partial charge in [0.25, 0.3) is 0 Å². The van der Waals surface area contributed by atoms with Gasteiger partial charge in [0.1, 0.15) is 19.3 Å². The first-order valence-corrected chi connectivity index (χ1v) is 45.3. The molecule has 0 spiro atoms. The number of phosphoric ester groups is 2. The van der Waals surface area contributed by atoms with Gasteiger partial charge in [0.2, 0.25) is 0 Å². The minimum atomic E-state index is -5.03. The lowest BCUT2D eigenvalue weighted by atomic mass is 10.1. The van der Waals surface area contributed by atoms with Crippen molar-refractivity contribution in [2.24, 2.45) is 0 Å². The third-order valence-corrected chi connectivity index (χ3v) is 18.2. The number of aliphatic hydroxyl groups excluding tert-OH is 1. The molecule has 0 amide bonds. The molecule has 0 aliphatic rings. The molecule has 5 atom stereocenters. The van der Waals surface area contributed by atoms with Crippen LogP contribution in [-0.4, -0.2) is 96.7 Å². The topological polar surface area (TPSA) is 237 Å². The van der Waals surface area contributed by atoms with Gasteiger partial charge in [0, 0.05) is 25.7 Å². The summed E-state index contributed by atoms with van der Waals surface area (Å²) in [5.74, 6) is -2.45. The van der Waals surface area contributed by atoms with Gasteiger partial charge in [-0.05, 0) is 193 Å². The number of ether oxygens (including phenoxy) is 4. The normalized spacial score (nSPS) is 15.0. The minimum Gasteiger partial charge on any atom is -0.462 e. The van der Waals surface area contributed by atoms with Gasteiger partial charge in [-0.3, -0.25) is 37.3 Å². The zero-order valence-corrected chi connectivity index (χ0v) is 71.7. The van der Waals surface area contributed by atoms with Gasteiger partial charge in [-0.1, -0.05) is 296 Å². The van der Waals surface area contributed by atoms with E-state index < -0.39 is 97.5 Å². The molecule has 114 heavy (non-hydrogen) atoms. The Morgan fingerprint density at radius 1 is 0.254 bits per heavy atom. The molecule has 0 aromatic carbocycles. The first kappa shape index (κ1) is 107. The van der Waals surface area contributed by atoms with Crippen molar-refractivity contribution in [3.8, 4) is 0 Å². The van der Waals surface area contributed by atoms with E-state index in [0.29, 0.717) is 38.5 Å². The molecule has 19 heteroatoms. The van der Waals surface area contributed by atoms with E-state index in [4.69, 9.17) is 37.0 Å². The van der Waals surface area contributed by atoms with Crippen LogP contribution in [-0.2, 0) is 65.4 Å². The van der Waals surface area contributed by atoms with Gasteiger partial charge in [-0.2, -0.15) is 0 Å². The highest BCUT2D eigenvalue weighted by Gasteiger charge is 2.30. The lowest BCUT2D eigenvalue weighted by molar-refractivity contribution is -0.161. The van der Waals surface area contributed by atoms with Crippen LogP contribution in [0.1, 0.15) is 272 Å². The second-order valence-corrected chi connectivity index (χ2v) is 29.8. The average molecular weight is 1620 g/mol. The van der Waals surface area contributed by atoms with E-state index in [-0.39, 0.29) is 25.7 Å². The van der Waals surface area contributed by atoms with Crippen molar-refractivity contribution in [1.82, 2.24) is 0 Å². The maximum absolute atomic E-state index is 13.2. The molecule has 17 nitrogen and oxygen atoms in total. The number of phosphoric acid groups is 2. The predicted octanol–water partition coefficient (Wildman–Crippen LogP) is 25.6. The third-order valence-electron chi connectivity index (χ3n) is 16.3. The van der Waals surface area contributed by atoms with E-state index in [1.165, 1.54) is 19.3 Å².